The van der Waals surface area contributed by atoms with Gasteiger partial charge in [-0.05, 0) is 17.8 Å². The number of hydrogen-bond donors (Lipinski definition) is 0. The lowest BCUT2D eigenvalue weighted by atomic mass is 10.1. The smallest absolute Gasteiger partial charge is 0.207 e. The van der Waals surface area contributed by atoms with Crippen LogP contribution >= 0.6 is 0 Å². The Kier molecular flexibility index (Phi) is 0.814. The average molecular weight is 132 g/mol. The van der Waals surface area contributed by atoms with Crippen LogP contribution in [0.1, 0.15) is 19.8 Å². The molecule has 0 heterocycles. The van der Waals surface area contributed by atoms with Gasteiger partial charge in [-0.1, -0.05) is 6.92 Å². The predicted molar refractivity (Wildman–Crippen MR) is 30.3 cm³/mol. The molecule has 2 rings (SSSR count). The largest absolute Gasteiger partial charge is 0.248 e. The van der Waals surface area contributed by atoms with Crippen molar-refractivity contribution in [1.29, 1.82) is 0 Å². The molecule has 2 unspecified atom stereocenters. The summed E-state index contributed by atoms with van der Waals surface area (Å²) in [4.78, 5) is 0. The zero-order valence-corrected chi connectivity index (χ0v) is 5.40. The number of alkyl halides is 2. The van der Waals surface area contributed by atoms with Crippen LogP contribution in [0.15, 0.2) is 0 Å². The van der Waals surface area contributed by atoms with Gasteiger partial charge in [0.1, 0.15) is 0 Å². The van der Waals surface area contributed by atoms with E-state index in [1.807, 2.05) is 0 Å². The number of rotatable bonds is 0. The van der Waals surface area contributed by atoms with Crippen molar-refractivity contribution in [3.05, 3.63) is 0 Å². The van der Waals surface area contributed by atoms with Crippen LogP contribution in [0.2, 0.25) is 0 Å². The summed E-state index contributed by atoms with van der Waals surface area (Å²) in [6.07, 6.45) is 0.331. The fraction of sp³-hybridized carbons (Fsp3) is 1.00. The van der Waals surface area contributed by atoms with Gasteiger partial charge in [0.05, 0.1) is 0 Å². The van der Waals surface area contributed by atoms with E-state index in [1.165, 1.54) is 0 Å². The fourth-order valence-electron chi connectivity index (χ4n) is 2.08. The molecule has 0 spiro atoms. The third-order valence-electron chi connectivity index (χ3n) is 2.83. The van der Waals surface area contributed by atoms with Gasteiger partial charge in [-0.2, -0.15) is 0 Å². The lowest BCUT2D eigenvalue weighted by Gasteiger charge is -2.10. The van der Waals surface area contributed by atoms with E-state index in [-0.39, 0.29) is 12.8 Å². The Labute approximate surface area is 53.2 Å². The van der Waals surface area contributed by atoms with E-state index in [0.717, 1.165) is 0 Å². The molecular formula is C7H10F2. The molecule has 0 saturated heterocycles. The molecule has 52 valence electrons. The molecule has 2 heteroatoms. The van der Waals surface area contributed by atoms with E-state index in [9.17, 15) is 8.78 Å². The number of halogens is 2. The van der Waals surface area contributed by atoms with Gasteiger partial charge in [0, 0.05) is 12.8 Å². The summed E-state index contributed by atoms with van der Waals surface area (Å²) in [5.74, 6) is -0.952. The Morgan fingerprint density at radius 3 is 2.00 bits per heavy atom. The Balaban J connectivity index is 2.04. The van der Waals surface area contributed by atoms with Crippen molar-refractivity contribution in [2.75, 3.05) is 0 Å². The zero-order valence-electron chi connectivity index (χ0n) is 5.40. The first-order valence-corrected chi connectivity index (χ1v) is 3.48. The zero-order chi connectivity index (χ0) is 6.65. The Hall–Kier alpha value is -0.140. The van der Waals surface area contributed by atoms with Crippen molar-refractivity contribution in [3.63, 3.8) is 0 Å². The molecule has 9 heavy (non-hydrogen) atoms. The van der Waals surface area contributed by atoms with Gasteiger partial charge in [-0.3, -0.25) is 0 Å². The summed E-state index contributed by atoms with van der Waals surface area (Å²) in [6.45, 7) is 2.07. The van der Waals surface area contributed by atoms with E-state index < -0.39 is 5.92 Å². The summed E-state index contributed by atoms with van der Waals surface area (Å²) < 4.78 is 24.8. The first-order valence-electron chi connectivity index (χ1n) is 3.48. The van der Waals surface area contributed by atoms with E-state index in [1.54, 1.807) is 0 Å². The topological polar surface area (TPSA) is 0 Å². The summed E-state index contributed by atoms with van der Waals surface area (Å²) in [5.41, 5.74) is 0. The fourth-order valence-corrected chi connectivity index (χ4v) is 2.08. The molecule has 0 aliphatic heterocycles. The molecule has 0 aromatic rings. The predicted octanol–water partition coefficient (Wildman–Crippen LogP) is 2.30. The maximum atomic E-state index is 12.4. The van der Waals surface area contributed by atoms with E-state index >= 15 is 0 Å². The highest BCUT2D eigenvalue weighted by Gasteiger charge is 2.60. The highest BCUT2D eigenvalue weighted by molar-refractivity contribution is 5.04. The van der Waals surface area contributed by atoms with Gasteiger partial charge in [0.2, 0.25) is 5.92 Å². The summed E-state index contributed by atoms with van der Waals surface area (Å²) >= 11 is 0. The monoisotopic (exact) mass is 132 g/mol. The molecular weight excluding hydrogens is 122 g/mol. The normalized spacial score (nSPS) is 53.0. The van der Waals surface area contributed by atoms with Crippen LogP contribution in [-0.2, 0) is 0 Å². The van der Waals surface area contributed by atoms with Gasteiger partial charge in [-0.25, -0.2) is 8.78 Å². The van der Waals surface area contributed by atoms with Crippen molar-refractivity contribution in [2.45, 2.75) is 25.7 Å². The minimum atomic E-state index is -2.30. The third kappa shape index (κ3) is 0.684. The summed E-state index contributed by atoms with van der Waals surface area (Å²) in [7, 11) is 0. The van der Waals surface area contributed by atoms with Crippen molar-refractivity contribution >= 4 is 0 Å². The van der Waals surface area contributed by atoms with Crippen LogP contribution in [0.4, 0.5) is 8.78 Å². The SMILES string of the molecule is CC1C2CC(F)(F)CC12. The second kappa shape index (κ2) is 1.30. The van der Waals surface area contributed by atoms with Gasteiger partial charge in [0.15, 0.2) is 0 Å². The lowest BCUT2D eigenvalue weighted by Crippen LogP contribution is -2.13. The molecule has 0 aromatic carbocycles. The Bertz CT molecular complexity index is 128. The molecule has 0 aromatic heterocycles. The molecule has 0 amide bonds. The summed E-state index contributed by atoms with van der Waals surface area (Å²) in [6, 6.07) is 0. The van der Waals surface area contributed by atoms with Crippen molar-refractivity contribution in [1.82, 2.24) is 0 Å². The number of fused-ring (bicyclic) bond motifs is 1. The quantitative estimate of drug-likeness (QED) is 0.474. The maximum Gasteiger partial charge on any atom is 0.248 e. The molecule has 2 aliphatic carbocycles. The van der Waals surface area contributed by atoms with Crippen LogP contribution in [0, 0.1) is 17.8 Å². The average Bonchev–Trinajstić information content (AvgIpc) is 2.26. The highest BCUT2D eigenvalue weighted by Crippen LogP contribution is 2.62. The third-order valence-corrected chi connectivity index (χ3v) is 2.83. The van der Waals surface area contributed by atoms with Crippen LogP contribution in [0.25, 0.3) is 0 Å². The van der Waals surface area contributed by atoms with Gasteiger partial charge in [-0.15, -0.1) is 0 Å². The van der Waals surface area contributed by atoms with Crippen LogP contribution in [0.3, 0.4) is 0 Å². The molecule has 2 aliphatic rings. The van der Waals surface area contributed by atoms with Crippen LogP contribution in [0.5, 0.6) is 0 Å². The molecule has 2 saturated carbocycles. The van der Waals surface area contributed by atoms with Gasteiger partial charge < -0.3 is 0 Å². The molecule has 0 radical (unpaired) electrons. The van der Waals surface area contributed by atoms with Crippen LogP contribution in [-0.4, -0.2) is 5.92 Å². The first kappa shape index (κ1) is 5.63. The van der Waals surface area contributed by atoms with E-state index in [4.69, 9.17) is 0 Å². The standard InChI is InChI=1S/C7H10F2/c1-4-5-2-7(8,9)3-6(4)5/h4-6H,2-3H2,1H3. The minimum Gasteiger partial charge on any atom is -0.207 e. The highest BCUT2D eigenvalue weighted by atomic mass is 19.3. The van der Waals surface area contributed by atoms with E-state index in [0.29, 0.717) is 17.8 Å². The molecule has 0 bridgehead atoms. The van der Waals surface area contributed by atoms with Crippen molar-refractivity contribution in [3.8, 4) is 0 Å². The molecule has 0 N–H and O–H groups in total. The Morgan fingerprint density at radius 2 is 1.67 bits per heavy atom. The minimum absolute atomic E-state index is 0.166. The van der Waals surface area contributed by atoms with Gasteiger partial charge in [0.25, 0.3) is 0 Å². The van der Waals surface area contributed by atoms with E-state index in [2.05, 4.69) is 6.92 Å². The molecule has 2 fully saturated rings. The summed E-state index contributed by atoms with van der Waals surface area (Å²) in [5, 5.41) is 0. The lowest BCUT2D eigenvalue weighted by molar-refractivity contribution is -0.00749. The first-order chi connectivity index (χ1) is 4.10. The van der Waals surface area contributed by atoms with Crippen molar-refractivity contribution in [2.24, 2.45) is 17.8 Å². The van der Waals surface area contributed by atoms with Gasteiger partial charge >= 0.3 is 0 Å². The van der Waals surface area contributed by atoms with Crippen LogP contribution < -0.4 is 0 Å². The second-order valence-corrected chi connectivity index (χ2v) is 3.45. The number of hydrogen-bond acceptors (Lipinski definition) is 0. The molecule has 2 atom stereocenters. The van der Waals surface area contributed by atoms with Crippen molar-refractivity contribution < 1.29 is 8.78 Å². The maximum absolute atomic E-state index is 12.4. The Morgan fingerprint density at radius 1 is 1.22 bits per heavy atom. The molecule has 0 nitrogen and oxygen atoms in total. The second-order valence-electron chi connectivity index (χ2n) is 3.45.